The van der Waals surface area contributed by atoms with Crippen LogP contribution in [-0.2, 0) is 11.2 Å². The molecule has 1 saturated heterocycles. The summed E-state index contributed by atoms with van der Waals surface area (Å²) in [6.45, 7) is 4.85. The largest absolute Gasteiger partial charge is 0.396 e. The number of aryl methyl sites for hydroxylation is 2. The summed E-state index contributed by atoms with van der Waals surface area (Å²) in [5, 5.41) is 9.39. The highest BCUT2D eigenvalue weighted by Crippen LogP contribution is 2.34. The zero-order valence-corrected chi connectivity index (χ0v) is 16.2. The molecule has 5 nitrogen and oxygen atoms in total. The topological polar surface area (TPSA) is 66.3 Å². The average Bonchev–Trinajstić information content (AvgIpc) is 2.67. The lowest BCUT2D eigenvalue weighted by molar-refractivity contribution is -0.113. The summed E-state index contributed by atoms with van der Waals surface area (Å²) in [7, 11) is 0. The number of carbonyl (C=O) groups excluding carboxylic acids is 1. The van der Waals surface area contributed by atoms with Crippen LogP contribution in [0, 0.1) is 25.5 Å². The Morgan fingerprint density at radius 1 is 1.21 bits per heavy atom. The third kappa shape index (κ3) is 4.10. The van der Waals surface area contributed by atoms with E-state index < -0.39 is 17.7 Å². The van der Waals surface area contributed by atoms with Crippen LogP contribution in [0.15, 0.2) is 18.2 Å². The van der Waals surface area contributed by atoms with Crippen molar-refractivity contribution in [2.75, 3.05) is 19.7 Å². The lowest BCUT2D eigenvalue weighted by Crippen LogP contribution is -2.38. The molecule has 0 amide bonds. The standard InChI is InChI=1S/C21H25F2N3O2/c1-13-16(8-11-27)21(25-14(2)24-13)15-6-9-26(10-7-15)19(12-28)20-17(22)4-3-5-18(20)23/h3-5,12,15,19,27H,6-11H2,1-2H3. The Labute approximate surface area is 163 Å². The lowest BCUT2D eigenvalue weighted by atomic mass is 9.88. The SMILES string of the molecule is Cc1nc(C)c(CCO)c(C2CCN(C(C=O)c3c(F)cccc3F)CC2)n1. The van der Waals surface area contributed by atoms with Crippen molar-refractivity contribution < 1.29 is 18.7 Å². The Balaban J connectivity index is 1.80. The number of nitrogens with zero attached hydrogens (tertiary/aromatic N) is 3. The molecule has 1 aliphatic rings. The van der Waals surface area contributed by atoms with Gasteiger partial charge in [0.25, 0.3) is 0 Å². The second-order valence-electron chi connectivity index (χ2n) is 7.22. The second-order valence-corrected chi connectivity index (χ2v) is 7.22. The minimum absolute atomic E-state index is 0.0267. The van der Waals surface area contributed by atoms with Crippen molar-refractivity contribution >= 4 is 6.29 Å². The zero-order chi connectivity index (χ0) is 20.3. The van der Waals surface area contributed by atoms with Crippen LogP contribution in [0.2, 0.25) is 0 Å². The van der Waals surface area contributed by atoms with Crippen molar-refractivity contribution in [3.8, 4) is 0 Å². The number of likely N-dealkylation sites (tertiary alicyclic amines) is 1. The van der Waals surface area contributed by atoms with Crippen LogP contribution < -0.4 is 0 Å². The first-order valence-electron chi connectivity index (χ1n) is 9.54. The van der Waals surface area contributed by atoms with Crippen molar-refractivity contribution in [1.29, 1.82) is 0 Å². The first-order chi connectivity index (χ1) is 13.5. The number of benzene rings is 1. The Hall–Kier alpha value is -2.25. The normalized spacial score (nSPS) is 16.9. The van der Waals surface area contributed by atoms with Gasteiger partial charge in [-0.1, -0.05) is 6.07 Å². The third-order valence-corrected chi connectivity index (χ3v) is 5.45. The van der Waals surface area contributed by atoms with Gasteiger partial charge < -0.3 is 9.90 Å². The van der Waals surface area contributed by atoms with Crippen LogP contribution in [0.4, 0.5) is 8.78 Å². The smallest absolute Gasteiger partial charge is 0.141 e. The Kier molecular flexibility index (Phi) is 6.46. The summed E-state index contributed by atoms with van der Waals surface area (Å²) < 4.78 is 28.3. The Morgan fingerprint density at radius 3 is 2.43 bits per heavy atom. The van der Waals surface area contributed by atoms with Crippen LogP contribution in [0.25, 0.3) is 0 Å². The van der Waals surface area contributed by atoms with E-state index >= 15 is 0 Å². The highest BCUT2D eigenvalue weighted by Gasteiger charge is 2.31. The summed E-state index contributed by atoms with van der Waals surface area (Å²) in [6, 6.07) is 2.71. The van der Waals surface area contributed by atoms with Crippen LogP contribution in [0.1, 0.15) is 53.1 Å². The summed E-state index contributed by atoms with van der Waals surface area (Å²) in [4.78, 5) is 22.5. The Bertz CT molecular complexity index is 832. The number of aromatic nitrogens is 2. The molecule has 1 fully saturated rings. The molecule has 3 rings (SSSR count). The molecule has 1 atom stereocenters. The number of hydrogen-bond acceptors (Lipinski definition) is 5. The van der Waals surface area contributed by atoms with E-state index in [1.54, 1.807) is 0 Å². The van der Waals surface area contributed by atoms with Crippen LogP contribution in [0.3, 0.4) is 0 Å². The highest BCUT2D eigenvalue weighted by molar-refractivity contribution is 5.62. The molecule has 1 aromatic heterocycles. The maximum atomic E-state index is 14.1. The summed E-state index contributed by atoms with van der Waals surface area (Å²) in [5.41, 5.74) is 2.60. The molecule has 0 spiro atoms. The lowest BCUT2D eigenvalue weighted by Gasteiger charge is -2.36. The molecular formula is C21H25F2N3O2. The Morgan fingerprint density at radius 2 is 1.86 bits per heavy atom. The molecule has 2 heterocycles. The van der Waals surface area contributed by atoms with Gasteiger partial charge in [-0.15, -0.1) is 0 Å². The van der Waals surface area contributed by atoms with E-state index in [4.69, 9.17) is 0 Å². The first kappa shape index (κ1) is 20.5. The average molecular weight is 389 g/mol. The molecule has 1 unspecified atom stereocenters. The number of halogens is 2. The van der Waals surface area contributed by atoms with Gasteiger partial charge in [-0.3, -0.25) is 4.90 Å². The summed E-state index contributed by atoms with van der Waals surface area (Å²) in [6.07, 6.45) is 2.54. The summed E-state index contributed by atoms with van der Waals surface area (Å²) in [5.74, 6) is -0.551. The number of aliphatic hydroxyl groups excluding tert-OH is 1. The molecule has 7 heteroatoms. The highest BCUT2D eigenvalue weighted by atomic mass is 19.1. The van der Waals surface area contributed by atoms with Crippen molar-refractivity contribution in [3.05, 3.63) is 58.2 Å². The van der Waals surface area contributed by atoms with E-state index in [1.807, 2.05) is 18.7 Å². The fraction of sp³-hybridized carbons (Fsp3) is 0.476. The van der Waals surface area contributed by atoms with Gasteiger partial charge in [0.1, 0.15) is 23.7 Å². The van der Waals surface area contributed by atoms with Gasteiger partial charge >= 0.3 is 0 Å². The second kappa shape index (κ2) is 8.84. The number of piperidine rings is 1. The molecule has 2 aromatic rings. The number of aliphatic hydroxyl groups is 1. The minimum atomic E-state index is -0.937. The molecule has 1 N–H and O–H groups in total. The van der Waals surface area contributed by atoms with E-state index in [9.17, 15) is 18.7 Å². The molecule has 0 bridgehead atoms. The molecule has 1 aliphatic heterocycles. The van der Waals surface area contributed by atoms with E-state index in [2.05, 4.69) is 9.97 Å². The van der Waals surface area contributed by atoms with Crippen molar-refractivity contribution in [1.82, 2.24) is 14.9 Å². The number of carbonyl (C=O) groups is 1. The van der Waals surface area contributed by atoms with Crippen LogP contribution >= 0.6 is 0 Å². The van der Waals surface area contributed by atoms with E-state index in [0.717, 1.165) is 17.0 Å². The zero-order valence-electron chi connectivity index (χ0n) is 16.2. The molecular weight excluding hydrogens is 364 g/mol. The monoisotopic (exact) mass is 389 g/mol. The minimum Gasteiger partial charge on any atom is -0.396 e. The molecule has 0 aliphatic carbocycles. The fourth-order valence-corrected chi connectivity index (χ4v) is 4.10. The quantitative estimate of drug-likeness (QED) is 0.770. The van der Waals surface area contributed by atoms with E-state index in [1.165, 1.54) is 18.2 Å². The maximum absolute atomic E-state index is 14.1. The fourth-order valence-electron chi connectivity index (χ4n) is 4.10. The van der Waals surface area contributed by atoms with E-state index in [0.29, 0.717) is 44.5 Å². The van der Waals surface area contributed by atoms with Gasteiger partial charge in [-0.25, -0.2) is 18.7 Å². The maximum Gasteiger partial charge on any atom is 0.141 e. The first-order valence-corrected chi connectivity index (χ1v) is 9.54. The molecule has 0 saturated carbocycles. The van der Waals surface area contributed by atoms with Gasteiger partial charge in [0.05, 0.1) is 11.7 Å². The van der Waals surface area contributed by atoms with Crippen LogP contribution in [-0.4, -0.2) is 46.0 Å². The molecule has 0 radical (unpaired) electrons. The van der Waals surface area contributed by atoms with Crippen molar-refractivity contribution in [2.24, 2.45) is 0 Å². The molecule has 150 valence electrons. The summed E-state index contributed by atoms with van der Waals surface area (Å²) >= 11 is 0. The van der Waals surface area contributed by atoms with Crippen LogP contribution in [0.5, 0.6) is 0 Å². The van der Waals surface area contributed by atoms with Gasteiger partial charge in [0.15, 0.2) is 0 Å². The van der Waals surface area contributed by atoms with Gasteiger partial charge in [-0.2, -0.15) is 0 Å². The van der Waals surface area contributed by atoms with Gasteiger partial charge in [0, 0.05) is 23.8 Å². The molecule has 1 aromatic carbocycles. The van der Waals surface area contributed by atoms with E-state index in [-0.39, 0.29) is 18.1 Å². The van der Waals surface area contributed by atoms with Gasteiger partial charge in [-0.05, 0) is 63.9 Å². The molecule has 28 heavy (non-hydrogen) atoms. The van der Waals surface area contributed by atoms with Crippen molar-refractivity contribution in [2.45, 2.75) is 45.1 Å². The van der Waals surface area contributed by atoms with Crippen molar-refractivity contribution in [3.63, 3.8) is 0 Å². The predicted octanol–water partition coefficient (Wildman–Crippen LogP) is 3.03. The predicted molar refractivity (Wildman–Crippen MR) is 101 cm³/mol. The number of hydrogen-bond donors (Lipinski definition) is 1. The van der Waals surface area contributed by atoms with Gasteiger partial charge in [0.2, 0.25) is 0 Å². The number of rotatable bonds is 6. The third-order valence-electron chi connectivity index (χ3n) is 5.45. The number of aldehydes is 1.